The van der Waals surface area contributed by atoms with Crippen molar-refractivity contribution in [2.24, 2.45) is 0 Å². The summed E-state index contributed by atoms with van der Waals surface area (Å²) in [5.41, 5.74) is 6.37. The molecule has 1 N–H and O–H groups in total. The molecule has 0 bridgehead atoms. The van der Waals surface area contributed by atoms with Gasteiger partial charge in [0, 0.05) is 23.0 Å². The highest BCUT2D eigenvalue weighted by molar-refractivity contribution is 6.30. The van der Waals surface area contributed by atoms with Crippen molar-refractivity contribution in [2.75, 3.05) is 0 Å². The highest BCUT2D eigenvalue weighted by Crippen LogP contribution is 2.31. The van der Waals surface area contributed by atoms with Crippen LogP contribution in [-0.2, 0) is 6.42 Å². The second-order valence-electron chi connectivity index (χ2n) is 5.40. The van der Waals surface area contributed by atoms with Gasteiger partial charge in [-0.1, -0.05) is 24.6 Å². The Morgan fingerprint density at radius 2 is 2.13 bits per heavy atom. The Balaban J connectivity index is 1.84. The second kappa shape index (κ2) is 5.56. The summed E-state index contributed by atoms with van der Waals surface area (Å²) in [5, 5.41) is 4.95. The first-order valence-corrected chi connectivity index (χ1v) is 7.90. The minimum atomic E-state index is 0.746. The van der Waals surface area contributed by atoms with Gasteiger partial charge in [-0.05, 0) is 47.9 Å². The van der Waals surface area contributed by atoms with Crippen molar-refractivity contribution in [1.29, 1.82) is 0 Å². The lowest BCUT2D eigenvalue weighted by Crippen LogP contribution is -1.94. The van der Waals surface area contributed by atoms with Crippen LogP contribution in [0, 0.1) is 0 Å². The molecule has 0 unspecified atom stereocenters. The summed E-state index contributed by atoms with van der Waals surface area (Å²) in [7, 11) is 0. The first-order valence-electron chi connectivity index (χ1n) is 7.52. The van der Waals surface area contributed by atoms with Gasteiger partial charge in [-0.3, -0.25) is 0 Å². The van der Waals surface area contributed by atoms with Gasteiger partial charge in [0.25, 0.3) is 0 Å². The highest BCUT2D eigenvalue weighted by Gasteiger charge is 2.11. The second-order valence-corrected chi connectivity index (χ2v) is 5.84. The molecule has 4 nitrogen and oxygen atoms in total. The van der Waals surface area contributed by atoms with Crippen molar-refractivity contribution < 1.29 is 0 Å². The Hall–Kier alpha value is -2.59. The molecule has 0 aliphatic heterocycles. The minimum Gasteiger partial charge on any atom is -0.359 e. The number of hydrogen-bond donors (Lipinski definition) is 1. The number of H-pyrrole nitrogens is 1. The van der Waals surface area contributed by atoms with Gasteiger partial charge < -0.3 is 4.98 Å². The van der Waals surface area contributed by atoms with E-state index in [1.807, 2.05) is 41.2 Å². The molecule has 5 heteroatoms. The number of aryl methyl sites for hydroxylation is 1. The van der Waals surface area contributed by atoms with Crippen LogP contribution in [0.2, 0.25) is 5.02 Å². The maximum Gasteiger partial charge on any atom is 0.137 e. The quantitative estimate of drug-likeness (QED) is 0.599. The Morgan fingerprint density at radius 1 is 1.22 bits per heavy atom. The van der Waals surface area contributed by atoms with Crippen molar-refractivity contribution in [1.82, 2.24) is 19.6 Å². The van der Waals surface area contributed by atoms with Crippen molar-refractivity contribution in [3.63, 3.8) is 0 Å². The van der Waals surface area contributed by atoms with Crippen LogP contribution in [0.5, 0.6) is 0 Å². The number of aromatic nitrogens is 4. The molecule has 0 amide bonds. The molecule has 3 heterocycles. The maximum atomic E-state index is 6.18. The summed E-state index contributed by atoms with van der Waals surface area (Å²) in [5.74, 6) is 0. The average Bonchev–Trinajstić information content (AvgIpc) is 3.23. The number of halogens is 1. The molecule has 0 radical (unpaired) electrons. The predicted octanol–water partition coefficient (Wildman–Crippen LogP) is 4.61. The molecule has 0 aliphatic rings. The van der Waals surface area contributed by atoms with Crippen LogP contribution >= 0.6 is 11.6 Å². The molecular formula is C18H15ClN4. The Morgan fingerprint density at radius 3 is 3.00 bits per heavy atom. The summed E-state index contributed by atoms with van der Waals surface area (Å²) in [6, 6.07) is 12.1. The third-order valence-corrected chi connectivity index (χ3v) is 4.27. The molecule has 0 atom stereocenters. The Labute approximate surface area is 138 Å². The van der Waals surface area contributed by atoms with Gasteiger partial charge in [0.05, 0.1) is 11.2 Å². The zero-order valence-corrected chi connectivity index (χ0v) is 13.4. The first-order chi connectivity index (χ1) is 11.3. The highest BCUT2D eigenvalue weighted by atomic mass is 35.5. The average molecular weight is 323 g/mol. The van der Waals surface area contributed by atoms with E-state index in [-0.39, 0.29) is 0 Å². The van der Waals surface area contributed by atoms with Gasteiger partial charge in [0.15, 0.2) is 0 Å². The third kappa shape index (κ3) is 2.41. The van der Waals surface area contributed by atoms with Crippen LogP contribution in [0.15, 0.2) is 55.1 Å². The van der Waals surface area contributed by atoms with Crippen molar-refractivity contribution in [3.8, 4) is 22.5 Å². The molecule has 0 spiro atoms. The monoisotopic (exact) mass is 322 g/mol. The van der Waals surface area contributed by atoms with Crippen molar-refractivity contribution in [2.45, 2.75) is 13.3 Å². The normalized spacial score (nSPS) is 11.2. The molecule has 4 aromatic rings. The van der Waals surface area contributed by atoms with Crippen molar-refractivity contribution >= 4 is 17.1 Å². The van der Waals surface area contributed by atoms with Crippen LogP contribution < -0.4 is 0 Å². The maximum absolute atomic E-state index is 6.18. The van der Waals surface area contributed by atoms with E-state index in [0.29, 0.717) is 0 Å². The van der Waals surface area contributed by atoms with E-state index >= 15 is 0 Å². The predicted molar refractivity (Wildman–Crippen MR) is 92.6 cm³/mol. The lowest BCUT2D eigenvalue weighted by molar-refractivity contribution is 0.905. The van der Waals surface area contributed by atoms with E-state index in [9.17, 15) is 0 Å². The lowest BCUT2D eigenvalue weighted by Gasteiger charge is -2.06. The zero-order valence-electron chi connectivity index (χ0n) is 12.6. The third-order valence-electron chi connectivity index (χ3n) is 4.04. The molecule has 0 saturated heterocycles. The molecule has 1 aromatic carbocycles. The van der Waals surface area contributed by atoms with Crippen LogP contribution in [0.1, 0.15) is 12.5 Å². The van der Waals surface area contributed by atoms with Gasteiger partial charge in [-0.15, -0.1) is 0 Å². The topological polar surface area (TPSA) is 46.0 Å². The van der Waals surface area contributed by atoms with E-state index in [1.54, 1.807) is 6.33 Å². The number of fused-ring (bicyclic) bond motifs is 1. The number of benzene rings is 1. The first kappa shape index (κ1) is 14.0. The van der Waals surface area contributed by atoms with Gasteiger partial charge in [-0.25, -0.2) is 9.50 Å². The lowest BCUT2D eigenvalue weighted by atomic mass is 10.00. The van der Waals surface area contributed by atoms with Crippen LogP contribution in [-0.4, -0.2) is 19.6 Å². The fourth-order valence-corrected chi connectivity index (χ4v) is 3.06. The number of nitrogens with zero attached hydrogens (tertiary/aromatic N) is 3. The largest absolute Gasteiger partial charge is 0.359 e. The molecule has 4 rings (SSSR count). The molecule has 0 fully saturated rings. The number of rotatable bonds is 3. The van der Waals surface area contributed by atoms with E-state index < -0.39 is 0 Å². The van der Waals surface area contributed by atoms with Crippen LogP contribution in [0.4, 0.5) is 0 Å². The smallest absolute Gasteiger partial charge is 0.137 e. The van der Waals surface area contributed by atoms with Gasteiger partial charge >= 0.3 is 0 Å². The van der Waals surface area contributed by atoms with Gasteiger partial charge in [-0.2, -0.15) is 5.10 Å². The number of nitrogens with one attached hydrogen (secondary N) is 1. The van der Waals surface area contributed by atoms with Gasteiger partial charge in [0.2, 0.25) is 0 Å². The molecular weight excluding hydrogens is 308 g/mol. The Bertz CT molecular complexity index is 984. The summed E-state index contributed by atoms with van der Waals surface area (Å²) >= 11 is 6.18. The van der Waals surface area contributed by atoms with E-state index in [2.05, 4.69) is 34.1 Å². The molecule has 114 valence electrons. The summed E-state index contributed by atoms with van der Waals surface area (Å²) < 4.78 is 1.82. The zero-order chi connectivity index (χ0) is 15.8. The van der Waals surface area contributed by atoms with E-state index in [0.717, 1.165) is 39.5 Å². The molecule has 23 heavy (non-hydrogen) atoms. The fraction of sp³-hybridized carbons (Fsp3) is 0.111. The summed E-state index contributed by atoms with van der Waals surface area (Å²) in [6.45, 7) is 2.15. The number of aromatic amines is 1. The summed E-state index contributed by atoms with van der Waals surface area (Å²) in [4.78, 5) is 7.75. The van der Waals surface area contributed by atoms with Crippen molar-refractivity contribution in [3.05, 3.63) is 65.7 Å². The SMILES string of the molecule is CCc1ccc(Cl)cc1-c1c[nH]c(-c2ncnn3cccc23)c1. The molecule has 3 aromatic heterocycles. The van der Waals surface area contributed by atoms with Gasteiger partial charge in [0.1, 0.15) is 12.0 Å². The van der Waals surface area contributed by atoms with E-state index in [1.165, 1.54) is 5.56 Å². The molecule has 0 saturated carbocycles. The van der Waals surface area contributed by atoms with Crippen LogP contribution in [0.3, 0.4) is 0 Å². The summed E-state index contributed by atoms with van der Waals surface area (Å²) in [6.07, 6.45) is 6.45. The number of hydrogen-bond acceptors (Lipinski definition) is 2. The van der Waals surface area contributed by atoms with Crippen LogP contribution in [0.25, 0.3) is 28.0 Å². The fourth-order valence-electron chi connectivity index (χ4n) is 2.89. The molecule has 0 aliphatic carbocycles. The van der Waals surface area contributed by atoms with E-state index in [4.69, 9.17) is 11.6 Å². The minimum absolute atomic E-state index is 0.746. The Kier molecular flexibility index (Phi) is 3.39. The standard InChI is InChI=1S/C18H15ClN4/c1-2-12-5-6-14(19)9-15(12)13-8-16(20-10-13)18-17-4-3-7-23(17)22-11-21-18/h3-11,20H,2H2,1H3.